The first-order valence-corrected chi connectivity index (χ1v) is 8.92. The molecule has 26 heavy (non-hydrogen) atoms. The lowest BCUT2D eigenvalue weighted by Gasteiger charge is -2.36. The fourth-order valence-electron chi connectivity index (χ4n) is 3.58. The summed E-state index contributed by atoms with van der Waals surface area (Å²) >= 11 is 0. The molecule has 0 spiro atoms. The summed E-state index contributed by atoms with van der Waals surface area (Å²) in [6.07, 6.45) is 2.40. The van der Waals surface area contributed by atoms with E-state index in [1.807, 2.05) is 29.2 Å². The van der Waals surface area contributed by atoms with Gasteiger partial charge in [0.1, 0.15) is 17.7 Å². The summed E-state index contributed by atoms with van der Waals surface area (Å²) in [5.41, 5.74) is 7.05. The van der Waals surface area contributed by atoms with Crippen LogP contribution in [0.3, 0.4) is 0 Å². The van der Waals surface area contributed by atoms with Gasteiger partial charge >= 0.3 is 0 Å². The molecule has 2 aliphatic rings. The van der Waals surface area contributed by atoms with Crippen LogP contribution in [-0.4, -0.2) is 48.0 Å². The Labute approximate surface area is 152 Å². The van der Waals surface area contributed by atoms with Crippen molar-refractivity contribution in [2.45, 2.75) is 18.5 Å². The van der Waals surface area contributed by atoms with Crippen LogP contribution in [0.2, 0.25) is 0 Å². The average Bonchev–Trinajstić information content (AvgIpc) is 3.18. The molecule has 6 nitrogen and oxygen atoms in total. The third kappa shape index (κ3) is 3.54. The van der Waals surface area contributed by atoms with E-state index in [-0.39, 0.29) is 23.8 Å². The Bertz CT molecular complexity index is 764. The minimum atomic E-state index is -0.287. The lowest BCUT2D eigenvalue weighted by molar-refractivity contribution is -0.133. The number of hydrogen-bond donors (Lipinski definition) is 2. The summed E-state index contributed by atoms with van der Waals surface area (Å²) in [7, 11) is 0. The second-order valence-electron chi connectivity index (χ2n) is 6.68. The average molecular weight is 355 g/mol. The SMILES string of the molecule is O=C(C1CC(c2cccc(F)c2)NN1)N1CCN(c2ccccn2)CC1. The normalized spacial score (nSPS) is 23.3. The molecule has 1 amide bonds. The molecule has 2 unspecified atom stereocenters. The molecule has 2 aromatic rings. The van der Waals surface area contributed by atoms with Gasteiger partial charge in [0.05, 0.1) is 0 Å². The highest BCUT2D eigenvalue weighted by Gasteiger charge is 2.34. The van der Waals surface area contributed by atoms with Gasteiger partial charge in [0, 0.05) is 38.4 Å². The molecule has 4 rings (SSSR count). The predicted octanol–water partition coefficient (Wildman–Crippen LogP) is 1.48. The van der Waals surface area contributed by atoms with E-state index in [1.54, 1.807) is 12.3 Å². The van der Waals surface area contributed by atoms with Crippen LogP contribution in [0.25, 0.3) is 0 Å². The molecule has 0 saturated carbocycles. The smallest absolute Gasteiger partial charge is 0.241 e. The van der Waals surface area contributed by atoms with Crippen molar-refractivity contribution in [1.29, 1.82) is 0 Å². The highest BCUT2D eigenvalue weighted by molar-refractivity contribution is 5.82. The number of hydrogen-bond acceptors (Lipinski definition) is 5. The third-order valence-corrected chi connectivity index (χ3v) is 5.02. The van der Waals surface area contributed by atoms with Crippen LogP contribution in [0.5, 0.6) is 0 Å². The van der Waals surface area contributed by atoms with Crippen LogP contribution in [0.1, 0.15) is 18.0 Å². The molecular weight excluding hydrogens is 333 g/mol. The zero-order chi connectivity index (χ0) is 17.9. The molecule has 0 radical (unpaired) electrons. The quantitative estimate of drug-likeness (QED) is 0.873. The zero-order valence-electron chi connectivity index (χ0n) is 14.4. The summed E-state index contributed by atoms with van der Waals surface area (Å²) in [5.74, 6) is 0.785. The first kappa shape index (κ1) is 16.9. The molecule has 7 heteroatoms. The van der Waals surface area contributed by atoms with Crippen LogP contribution in [0, 0.1) is 5.82 Å². The molecule has 2 fully saturated rings. The van der Waals surface area contributed by atoms with E-state index in [9.17, 15) is 9.18 Å². The predicted molar refractivity (Wildman–Crippen MR) is 96.8 cm³/mol. The van der Waals surface area contributed by atoms with Crippen molar-refractivity contribution < 1.29 is 9.18 Å². The molecule has 2 aliphatic heterocycles. The molecule has 136 valence electrons. The Hall–Kier alpha value is -2.51. The number of nitrogens with zero attached hydrogens (tertiary/aromatic N) is 3. The van der Waals surface area contributed by atoms with Crippen molar-refractivity contribution in [3.63, 3.8) is 0 Å². The fraction of sp³-hybridized carbons (Fsp3) is 0.368. The topological polar surface area (TPSA) is 60.5 Å². The van der Waals surface area contributed by atoms with Gasteiger partial charge in [0.25, 0.3) is 0 Å². The van der Waals surface area contributed by atoms with E-state index < -0.39 is 0 Å². The van der Waals surface area contributed by atoms with E-state index in [0.29, 0.717) is 19.5 Å². The number of carbonyl (C=O) groups is 1. The van der Waals surface area contributed by atoms with Gasteiger partial charge in [-0.05, 0) is 36.2 Å². The van der Waals surface area contributed by atoms with Crippen LogP contribution in [0.4, 0.5) is 10.2 Å². The van der Waals surface area contributed by atoms with E-state index in [2.05, 4.69) is 20.7 Å². The number of amides is 1. The van der Waals surface area contributed by atoms with E-state index in [4.69, 9.17) is 0 Å². The summed E-state index contributed by atoms with van der Waals surface area (Å²) in [6.45, 7) is 2.91. The monoisotopic (exact) mass is 355 g/mol. The highest BCUT2D eigenvalue weighted by atomic mass is 19.1. The number of pyridine rings is 1. The van der Waals surface area contributed by atoms with Crippen molar-refractivity contribution in [2.24, 2.45) is 0 Å². The van der Waals surface area contributed by atoms with Crippen molar-refractivity contribution >= 4 is 11.7 Å². The molecule has 0 aliphatic carbocycles. The summed E-state index contributed by atoms with van der Waals surface area (Å²) < 4.78 is 13.4. The minimum Gasteiger partial charge on any atom is -0.353 e. The first-order chi connectivity index (χ1) is 12.7. The third-order valence-electron chi connectivity index (χ3n) is 5.02. The number of halogens is 1. The first-order valence-electron chi connectivity index (χ1n) is 8.92. The van der Waals surface area contributed by atoms with E-state index >= 15 is 0 Å². The largest absolute Gasteiger partial charge is 0.353 e. The fourth-order valence-corrected chi connectivity index (χ4v) is 3.58. The van der Waals surface area contributed by atoms with Gasteiger partial charge in [-0.1, -0.05) is 18.2 Å². The van der Waals surface area contributed by atoms with E-state index in [1.165, 1.54) is 12.1 Å². The zero-order valence-corrected chi connectivity index (χ0v) is 14.4. The van der Waals surface area contributed by atoms with Crippen LogP contribution in [-0.2, 0) is 4.79 Å². The molecule has 0 bridgehead atoms. The van der Waals surface area contributed by atoms with Crippen LogP contribution < -0.4 is 15.8 Å². The molecule has 1 aromatic carbocycles. The van der Waals surface area contributed by atoms with Crippen molar-refractivity contribution in [3.05, 3.63) is 60.0 Å². The summed E-state index contributed by atoms with van der Waals surface area (Å²) in [4.78, 5) is 21.3. The molecule has 3 heterocycles. The van der Waals surface area contributed by atoms with Gasteiger partial charge in [0.15, 0.2) is 0 Å². The number of anilines is 1. The van der Waals surface area contributed by atoms with Gasteiger partial charge < -0.3 is 9.80 Å². The molecule has 2 saturated heterocycles. The Morgan fingerprint density at radius 1 is 1.08 bits per heavy atom. The molecule has 2 atom stereocenters. The molecule has 2 N–H and O–H groups in total. The van der Waals surface area contributed by atoms with Crippen molar-refractivity contribution in [2.75, 3.05) is 31.1 Å². The standard InChI is InChI=1S/C19H22FN5O/c20-15-5-3-4-14(12-15)16-13-17(23-22-16)19(26)25-10-8-24(9-11-25)18-6-1-2-7-21-18/h1-7,12,16-17,22-23H,8-11,13H2. The lowest BCUT2D eigenvalue weighted by Crippen LogP contribution is -2.53. The van der Waals surface area contributed by atoms with Gasteiger partial charge in [0.2, 0.25) is 5.91 Å². The van der Waals surface area contributed by atoms with Crippen LogP contribution in [0.15, 0.2) is 48.7 Å². The van der Waals surface area contributed by atoms with Gasteiger partial charge in [-0.25, -0.2) is 20.2 Å². The minimum absolute atomic E-state index is 0.0607. The Kier molecular flexibility index (Phi) is 4.81. The summed E-state index contributed by atoms with van der Waals surface area (Å²) in [6, 6.07) is 12.0. The van der Waals surface area contributed by atoms with Gasteiger partial charge in [-0.15, -0.1) is 0 Å². The maximum atomic E-state index is 13.4. The van der Waals surface area contributed by atoms with Gasteiger partial charge in [-0.2, -0.15) is 0 Å². The number of piperazine rings is 1. The molecular formula is C19H22FN5O. The van der Waals surface area contributed by atoms with Crippen LogP contribution >= 0.6 is 0 Å². The lowest BCUT2D eigenvalue weighted by atomic mass is 10.0. The maximum absolute atomic E-state index is 13.4. The number of benzene rings is 1. The number of rotatable bonds is 3. The van der Waals surface area contributed by atoms with Crippen molar-refractivity contribution in [1.82, 2.24) is 20.7 Å². The Morgan fingerprint density at radius 2 is 1.92 bits per heavy atom. The van der Waals surface area contributed by atoms with E-state index in [0.717, 1.165) is 24.5 Å². The highest BCUT2D eigenvalue weighted by Crippen LogP contribution is 2.24. The summed E-state index contributed by atoms with van der Waals surface area (Å²) in [5, 5.41) is 0. The number of carbonyl (C=O) groups excluding carboxylic acids is 1. The maximum Gasteiger partial charge on any atom is 0.241 e. The van der Waals surface area contributed by atoms with Gasteiger partial charge in [-0.3, -0.25) is 4.79 Å². The Morgan fingerprint density at radius 3 is 2.65 bits per heavy atom. The van der Waals surface area contributed by atoms with Crippen molar-refractivity contribution in [3.8, 4) is 0 Å². The second-order valence-corrected chi connectivity index (χ2v) is 6.68. The number of nitrogens with one attached hydrogen (secondary N) is 2. The number of aromatic nitrogens is 1. The molecule has 1 aromatic heterocycles. The second kappa shape index (κ2) is 7.39. The number of hydrazine groups is 1. The Balaban J connectivity index is 1.33.